The van der Waals surface area contributed by atoms with E-state index < -0.39 is 0 Å². The molecule has 0 bridgehead atoms. The van der Waals surface area contributed by atoms with Gasteiger partial charge in [0.25, 0.3) is 0 Å². The third kappa shape index (κ3) is 2.30. The Hall–Kier alpha value is -1.84. The van der Waals surface area contributed by atoms with E-state index in [0.29, 0.717) is 12.4 Å². The van der Waals surface area contributed by atoms with Crippen LogP contribution in [0.5, 0.6) is 0 Å². The molecule has 0 aliphatic carbocycles. The van der Waals surface area contributed by atoms with Crippen molar-refractivity contribution in [1.29, 1.82) is 0 Å². The number of carbonyl (C=O) groups is 1. The van der Waals surface area contributed by atoms with E-state index in [4.69, 9.17) is 0 Å². The van der Waals surface area contributed by atoms with E-state index >= 15 is 0 Å². The van der Waals surface area contributed by atoms with Crippen LogP contribution in [-0.2, 0) is 10.3 Å². The second kappa shape index (κ2) is 4.20. The predicted molar refractivity (Wildman–Crippen MR) is 67.8 cm³/mol. The van der Waals surface area contributed by atoms with E-state index in [2.05, 4.69) is 21.7 Å². The van der Waals surface area contributed by atoms with Crippen molar-refractivity contribution < 1.29 is 4.79 Å². The zero-order valence-corrected chi connectivity index (χ0v) is 10.4. The maximum atomic E-state index is 11.7. The van der Waals surface area contributed by atoms with Crippen LogP contribution >= 0.6 is 0 Å². The first-order valence-corrected chi connectivity index (χ1v) is 5.65. The monoisotopic (exact) mass is 231 g/mol. The molecule has 1 saturated heterocycles. The Morgan fingerprint density at radius 3 is 2.82 bits per heavy atom. The molecule has 1 aromatic rings. The minimum absolute atomic E-state index is 0.00615. The number of rotatable bonds is 1. The highest BCUT2D eigenvalue weighted by molar-refractivity contribution is 6.00. The van der Waals surface area contributed by atoms with Gasteiger partial charge in [-0.2, -0.15) is 0 Å². The maximum absolute atomic E-state index is 11.7. The number of carbonyl (C=O) groups excluding carboxylic acids is 1. The molecule has 4 nitrogen and oxygen atoms in total. The summed E-state index contributed by atoms with van der Waals surface area (Å²) in [5, 5.41) is 5.98. The van der Waals surface area contributed by atoms with Gasteiger partial charge >= 0.3 is 0 Å². The molecule has 1 aromatic carbocycles. The van der Waals surface area contributed by atoms with Crippen molar-refractivity contribution in [2.45, 2.75) is 25.8 Å². The standard InChI is InChI=1S/C13H17N3O/c1-9-5-4-6-10(7-9)13(2)8-11(17)15-12(14-3)16-13/h4-7H,8H2,1-3H3,(H2,14,15,16,17)/t13-/m0/s1. The lowest BCUT2D eigenvalue weighted by Gasteiger charge is -2.36. The van der Waals surface area contributed by atoms with Gasteiger partial charge in [-0.3, -0.25) is 15.1 Å². The lowest BCUT2D eigenvalue weighted by Crippen LogP contribution is -2.58. The van der Waals surface area contributed by atoms with Crippen LogP contribution < -0.4 is 10.6 Å². The molecule has 17 heavy (non-hydrogen) atoms. The minimum atomic E-state index is -0.386. The molecule has 1 aliphatic heterocycles. The largest absolute Gasteiger partial charge is 0.346 e. The molecule has 0 saturated carbocycles. The number of guanidine groups is 1. The van der Waals surface area contributed by atoms with Gasteiger partial charge in [-0.05, 0) is 19.4 Å². The van der Waals surface area contributed by atoms with Crippen molar-refractivity contribution in [3.8, 4) is 0 Å². The van der Waals surface area contributed by atoms with Gasteiger partial charge in [0, 0.05) is 7.05 Å². The second-order valence-corrected chi connectivity index (χ2v) is 4.62. The summed E-state index contributed by atoms with van der Waals surface area (Å²) in [7, 11) is 1.66. The SMILES string of the molecule is CN=C1NC(=O)C[C@@](C)(c2cccc(C)c2)N1. The number of aryl methyl sites for hydroxylation is 1. The van der Waals surface area contributed by atoms with Gasteiger partial charge in [0.05, 0.1) is 12.0 Å². The minimum Gasteiger partial charge on any atom is -0.346 e. The van der Waals surface area contributed by atoms with E-state index in [9.17, 15) is 4.79 Å². The zero-order chi connectivity index (χ0) is 12.5. The van der Waals surface area contributed by atoms with Crippen LogP contribution in [0.3, 0.4) is 0 Å². The molecule has 2 rings (SSSR count). The predicted octanol–water partition coefficient (Wildman–Crippen LogP) is 1.31. The fourth-order valence-corrected chi connectivity index (χ4v) is 2.11. The molecule has 1 amide bonds. The van der Waals surface area contributed by atoms with Gasteiger partial charge in [0.2, 0.25) is 5.91 Å². The van der Waals surface area contributed by atoms with Crippen molar-refractivity contribution >= 4 is 11.9 Å². The van der Waals surface area contributed by atoms with Gasteiger partial charge in [0.1, 0.15) is 0 Å². The maximum Gasteiger partial charge on any atom is 0.229 e. The number of hydrogen-bond donors (Lipinski definition) is 2. The van der Waals surface area contributed by atoms with E-state index in [1.165, 1.54) is 5.56 Å². The van der Waals surface area contributed by atoms with Crippen LogP contribution in [0.2, 0.25) is 0 Å². The molecule has 0 aromatic heterocycles. The van der Waals surface area contributed by atoms with Crippen LogP contribution in [0.4, 0.5) is 0 Å². The second-order valence-electron chi connectivity index (χ2n) is 4.62. The molecule has 0 spiro atoms. The van der Waals surface area contributed by atoms with Gasteiger partial charge in [-0.25, -0.2) is 0 Å². The highest BCUT2D eigenvalue weighted by Crippen LogP contribution is 2.27. The highest BCUT2D eigenvalue weighted by atomic mass is 16.2. The van der Waals surface area contributed by atoms with E-state index in [1.807, 2.05) is 32.0 Å². The van der Waals surface area contributed by atoms with Crippen LogP contribution in [-0.4, -0.2) is 18.9 Å². The molecule has 0 unspecified atom stereocenters. The van der Waals surface area contributed by atoms with Gasteiger partial charge in [-0.15, -0.1) is 0 Å². The van der Waals surface area contributed by atoms with Crippen LogP contribution in [0.25, 0.3) is 0 Å². The number of nitrogens with zero attached hydrogens (tertiary/aromatic N) is 1. The topological polar surface area (TPSA) is 53.5 Å². The van der Waals surface area contributed by atoms with E-state index in [1.54, 1.807) is 7.05 Å². The van der Waals surface area contributed by atoms with Gasteiger partial charge < -0.3 is 5.32 Å². The summed E-state index contributed by atoms with van der Waals surface area (Å²) < 4.78 is 0. The molecule has 0 radical (unpaired) electrons. The molecule has 90 valence electrons. The molecule has 2 N–H and O–H groups in total. The summed E-state index contributed by atoms with van der Waals surface area (Å²) in [5.41, 5.74) is 1.91. The summed E-state index contributed by atoms with van der Waals surface area (Å²) in [6.07, 6.45) is 0.412. The summed E-state index contributed by atoms with van der Waals surface area (Å²) in [4.78, 5) is 15.7. The third-order valence-corrected chi connectivity index (χ3v) is 3.05. The molecule has 1 heterocycles. The smallest absolute Gasteiger partial charge is 0.229 e. The fourth-order valence-electron chi connectivity index (χ4n) is 2.11. The first-order chi connectivity index (χ1) is 8.03. The fraction of sp³-hybridized carbons (Fsp3) is 0.385. The van der Waals surface area contributed by atoms with Gasteiger partial charge in [0.15, 0.2) is 5.96 Å². The van der Waals surface area contributed by atoms with Crippen LogP contribution in [0.15, 0.2) is 29.3 Å². The summed E-state index contributed by atoms with van der Waals surface area (Å²) in [6, 6.07) is 8.18. The first kappa shape index (κ1) is 11.6. The molecule has 1 atom stereocenters. The Balaban J connectivity index is 2.38. The summed E-state index contributed by atoms with van der Waals surface area (Å²) in [6.45, 7) is 4.07. The lowest BCUT2D eigenvalue weighted by atomic mass is 9.86. The third-order valence-electron chi connectivity index (χ3n) is 3.05. The number of nitrogens with one attached hydrogen (secondary N) is 2. The average molecular weight is 231 g/mol. The Morgan fingerprint density at radius 1 is 1.41 bits per heavy atom. The highest BCUT2D eigenvalue weighted by Gasteiger charge is 2.35. The Bertz CT molecular complexity index is 481. The van der Waals surface area contributed by atoms with Crippen molar-refractivity contribution in [3.63, 3.8) is 0 Å². The summed E-state index contributed by atoms with van der Waals surface area (Å²) in [5.74, 6) is 0.526. The summed E-state index contributed by atoms with van der Waals surface area (Å²) >= 11 is 0. The Kier molecular flexibility index (Phi) is 2.88. The lowest BCUT2D eigenvalue weighted by molar-refractivity contribution is -0.121. The normalized spacial score (nSPS) is 26.5. The molecule has 1 fully saturated rings. The number of benzene rings is 1. The van der Waals surface area contributed by atoms with Crippen molar-refractivity contribution in [2.75, 3.05) is 7.05 Å². The van der Waals surface area contributed by atoms with Crippen molar-refractivity contribution in [3.05, 3.63) is 35.4 Å². The average Bonchev–Trinajstić information content (AvgIpc) is 2.28. The quantitative estimate of drug-likeness (QED) is 0.765. The van der Waals surface area contributed by atoms with E-state index in [-0.39, 0.29) is 11.4 Å². The molecule has 1 aliphatic rings. The van der Waals surface area contributed by atoms with Crippen molar-refractivity contribution in [2.24, 2.45) is 4.99 Å². The van der Waals surface area contributed by atoms with Crippen LogP contribution in [0, 0.1) is 6.92 Å². The molecular weight excluding hydrogens is 214 g/mol. The molecule has 4 heteroatoms. The van der Waals surface area contributed by atoms with E-state index in [0.717, 1.165) is 5.56 Å². The van der Waals surface area contributed by atoms with Crippen LogP contribution in [0.1, 0.15) is 24.5 Å². The number of hydrogen-bond acceptors (Lipinski definition) is 2. The Morgan fingerprint density at radius 2 is 2.18 bits per heavy atom. The number of aliphatic imine (C=N–C) groups is 1. The number of amides is 1. The van der Waals surface area contributed by atoms with Crippen molar-refractivity contribution in [1.82, 2.24) is 10.6 Å². The molecular formula is C13H17N3O. The zero-order valence-electron chi connectivity index (χ0n) is 10.4. The van der Waals surface area contributed by atoms with Gasteiger partial charge in [-0.1, -0.05) is 29.8 Å². The first-order valence-electron chi connectivity index (χ1n) is 5.65. The Labute approximate surface area is 101 Å².